The fourth-order valence-corrected chi connectivity index (χ4v) is 4.60. The van der Waals surface area contributed by atoms with E-state index in [1.807, 2.05) is 0 Å². The molecule has 0 spiro atoms. The highest BCUT2D eigenvalue weighted by molar-refractivity contribution is 7.85. The summed E-state index contributed by atoms with van der Waals surface area (Å²) in [5.74, 6) is 1.05. The Morgan fingerprint density at radius 2 is 1.34 bits per heavy atom. The quantitative estimate of drug-likeness (QED) is 0.137. The van der Waals surface area contributed by atoms with Gasteiger partial charge >= 0.3 is 0 Å². The molecule has 1 saturated carbocycles. The van der Waals surface area contributed by atoms with Crippen LogP contribution in [-0.4, -0.2) is 41.3 Å². The fraction of sp³-hybridized carbons (Fsp3) is 1.00. The van der Waals surface area contributed by atoms with Crippen LogP contribution >= 0.6 is 0 Å². The lowest BCUT2D eigenvalue weighted by Crippen LogP contribution is -2.19. The van der Waals surface area contributed by atoms with Crippen molar-refractivity contribution in [1.29, 1.82) is 0 Å². The molecule has 0 bridgehead atoms. The lowest BCUT2D eigenvalue weighted by Gasteiger charge is -2.21. The molecule has 0 aliphatic heterocycles. The lowest BCUT2D eigenvalue weighted by molar-refractivity contribution is -0.131. The zero-order valence-corrected chi connectivity index (χ0v) is 19.9. The zero-order chi connectivity index (χ0) is 21.2. The predicted octanol–water partition coefficient (Wildman–Crippen LogP) is 6.21. The Morgan fingerprint density at radius 3 is 1.90 bits per heavy atom. The molecule has 0 aromatic heterocycles. The number of rotatable bonds is 19. The Bertz CT molecular complexity index is 460. The third kappa shape index (κ3) is 17.2. The maximum atomic E-state index is 10.9. The second-order valence-electron chi connectivity index (χ2n) is 8.68. The van der Waals surface area contributed by atoms with Gasteiger partial charge in [-0.1, -0.05) is 96.3 Å². The van der Waals surface area contributed by atoms with Crippen molar-refractivity contribution in [1.82, 2.24) is 0 Å². The highest BCUT2D eigenvalue weighted by Gasteiger charge is 2.12. The summed E-state index contributed by atoms with van der Waals surface area (Å²) in [5, 5.41) is 0. The molecule has 0 N–H and O–H groups in total. The van der Waals surface area contributed by atoms with E-state index in [2.05, 4.69) is 0 Å². The molecule has 1 aliphatic carbocycles. The number of unbranched alkanes of at least 4 members (excludes halogenated alkanes) is 9. The van der Waals surface area contributed by atoms with E-state index >= 15 is 0 Å². The van der Waals surface area contributed by atoms with Gasteiger partial charge in [-0.05, 0) is 12.3 Å². The van der Waals surface area contributed by atoms with Crippen molar-refractivity contribution in [2.45, 2.75) is 115 Å². The van der Waals surface area contributed by atoms with Gasteiger partial charge in [0, 0.05) is 20.1 Å². The monoisotopic (exact) mass is 434 g/mol. The molecule has 6 heteroatoms. The van der Waals surface area contributed by atoms with E-state index in [9.17, 15) is 8.42 Å². The number of hydrogen-bond acceptors (Lipinski definition) is 5. The van der Waals surface area contributed by atoms with Gasteiger partial charge in [-0.2, -0.15) is 8.42 Å². The van der Waals surface area contributed by atoms with Gasteiger partial charge in [0.2, 0.25) is 0 Å². The molecule has 0 heterocycles. The van der Waals surface area contributed by atoms with E-state index in [0.29, 0.717) is 13.0 Å². The topological polar surface area (TPSA) is 61.8 Å². The van der Waals surface area contributed by atoms with Gasteiger partial charge < -0.3 is 9.47 Å². The normalized spacial score (nSPS) is 16.9. The van der Waals surface area contributed by atoms with E-state index in [-0.39, 0.29) is 6.61 Å². The Labute approximate surface area is 180 Å². The van der Waals surface area contributed by atoms with Crippen molar-refractivity contribution in [3.63, 3.8) is 0 Å². The van der Waals surface area contributed by atoms with Crippen molar-refractivity contribution >= 4 is 10.1 Å². The predicted molar refractivity (Wildman–Crippen MR) is 120 cm³/mol. The Kier molecular flexibility index (Phi) is 16.2. The molecule has 5 nitrogen and oxygen atoms in total. The van der Waals surface area contributed by atoms with Crippen LogP contribution in [-0.2, 0) is 23.8 Å². The summed E-state index contributed by atoms with van der Waals surface area (Å²) in [5.41, 5.74) is 0. The van der Waals surface area contributed by atoms with Crippen LogP contribution in [0, 0.1) is 5.92 Å². The number of methoxy groups -OCH3 is 1. The van der Waals surface area contributed by atoms with Crippen LogP contribution in [0.15, 0.2) is 0 Å². The SMILES string of the molecule is COC(CCOS(C)(=O)=O)OCCCCCCCCCCCCC1CCCCC1. The third-order valence-electron chi connectivity index (χ3n) is 5.95. The summed E-state index contributed by atoms with van der Waals surface area (Å²) in [6, 6.07) is 0. The van der Waals surface area contributed by atoms with Crippen molar-refractivity contribution in [2.24, 2.45) is 5.92 Å². The minimum atomic E-state index is -3.39. The smallest absolute Gasteiger partial charge is 0.264 e. The minimum Gasteiger partial charge on any atom is -0.356 e. The molecule has 1 rings (SSSR count). The number of hydrogen-bond donors (Lipinski definition) is 0. The molecule has 174 valence electrons. The van der Waals surface area contributed by atoms with Gasteiger partial charge in [-0.25, -0.2) is 0 Å². The van der Waals surface area contributed by atoms with E-state index in [1.54, 1.807) is 7.11 Å². The highest BCUT2D eigenvalue weighted by Crippen LogP contribution is 2.28. The van der Waals surface area contributed by atoms with Crippen LogP contribution in [0.25, 0.3) is 0 Å². The summed E-state index contributed by atoms with van der Waals surface area (Å²) in [4.78, 5) is 0. The van der Waals surface area contributed by atoms with E-state index < -0.39 is 16.4 Å². The van der Waals surface area contributed by atoms with Crippen molar-refractivity contribution in [3.05, 3.63) is 0 Å². The Morgan fingerprint density at radius 1 is 0.793 bits per heavy atom. The molecule has 0 saturated heterocycles. The second-order valence-corrected chi connectivity index (χ2v) is 10.3. The molecule has 0 amide bonds. The standard InChI is InChI=1S/C23H46O5S/c1-26-23(19-21-28-29(2,24)25)27-20-15-10-8-6-4-3-5-7-9-12-16-22-17-13-11-14-18-22/h22-23H,3-21H2,1-2H3. The average molecular weight is 435 g/mol. The fourth-order valence-electron chi connectivity index (χ4n) is 4.20. The zero-order valence-electron chi connectivity index (χ0n) is 19.0. The molecular weight excluding hydrogens is 388 g/mol. The van der Waals surface area contributed by atoms with Crippen molar-refractivity contribution < 1.29 is 22.1 Å². The van der Waals surface area contributed by atoms with Crippen LogP contribution in [0.2, 0.25) is 0 Å². The largest absolute Gasteiger partial charge is 0.356 e. The van der Waals surface area contributed by atoms with Crippen LogP contribution in [0.4, 0.5) is 0 Å². The Hall–Kier alpha value is -0.170. The molecule has 0 aromatic carbocycles. The van der Waals surface area contributed by atoms with E-state index in [0.717, 1.165) is 18.6 Å². The third-order valence-corrected chi connectivity index (χ3v) is 6.54. The summed E-state index contributed by atoms with van der Waals surface area (Å²) in [6.07, 6.45) is 23.2. The molecule has 1 atom stereocenters. The maximum absolute atomic E-state index is 10.9. The molecule has 0 radical (unpaired) electrons. The first-order valence-electron chi connectivity index (χ1n) is 12.0. The molecular formula is C23H46O5S. The molecule has 1 aliphatic rings. The van der Waals surface area contributed by atoms with Crippen molar-refractivity contribution in [2.75, 3.05) is 26.6 Å². The van der Waals surface area contributed by atoms with Gasteiger partial charge in [0.25, 0.3) is 10.1 Å². The summed E-state index contributed by atoms with van der Waals surface area (Å²) >= 11 is 0. The first-order valence-corrected chi connectivity index (χ1v) is 13.8. The van der Waals surface area contributed by atoms with Crippen LogP contribution in [0.1, 0.15) is 109 Å². The van der Waals surface area contributed by atoms with E-state index in [1.165, 1.54) is 96.3 Å². The van der Waals surface area contributed by atoms with Gasteiger partial charge in [0.15, 0.2) is 6.29 Å². The first kappa shape index (κ1) is 26.9. The van der Waals surface area contributed by atoms with Gasteiger partial charge in [0.05, 0.1) is 12.9 Å². The van der Waals surface area contributed by atoms with Crippen LogP contribution in [0.5, 0.6) is 0 Å². The minimum absolute atomic E-state index is 0.0952. The van der Waals surface area contributed by atoms with Gasteiger partial charge in [-0.3, -0.25) is 4.18 Å². The molecule has 1 unspecified atom stereocenters. The average Bonchev–Trinajstić information content (AvgIpc) is 2.70. The van der Waals surface area contributed by atoms with Gasteiger partial charge in [-0.15, -0.1) is 0 Å². The first-order chi connectivity index (χ1) is 14.0. The molecule has 1 fully saturated rings. The van der Waals surface area contributed by atoms with Crippen LogP contribution < -0.4 is 0 Å². The van der Waals surface area contributed by atoms with Gasteiger partial charge in [0.1, 0.15) is 0 Å². The Balaban J connectivity index is 1.79. The summed E-state index contributed by atoms with van der Waals surface area (Å²) < 4.78 is 37.4. The lowest BCUT2D eigenvalue weighted by atomic mass is 9.85. The van der Waals surface area contributed by atoms with Crippen LogP contribution in [0.3, 0.4) is 0 Å². The summed E-state index contributed by atoms with van der Waals surface area (Å²) in [7, 11) is -1.82. The maximum Gasteiger partial charge on any atom is 0.264 e. The number of ether oxygens (including phenoxy) is 2. The molecule has 29 heavy (non-hydrogen) atoms. The van der Waals surface area contributed by atoms with Crippen molar-refractivity contribution in [3.8, 4) is 0 Å². The highest BCUT2D eigenvalue weighted by atomic mass is 32.2. The van der Waals surface area contributed by atoms with E-state index in [4.69, 9.17) is 13.7 Å². The second kappa shape index (κ2) is 17.5. The molecule has 0 aromatic rings. The summed E-state index contributed by atoms with van der Waals surface area (Å²) in [6.45, 7) is 0.746.